The zero-order valence-corrected chi connectivity index (χ0v) is 17.9. The Kier molecular flexibility index (Phi) is 9.19. The van der Waals surface area contributed by atoms with E-state index in [0.717, 1.165) is 31.5 Å². The van der Waals surface area contributed by atoms with Crippen molar-refractivity contribution in [2.45, 2.75) is 52.9 Å². The Morgan fingerprint density at radius 3 is 2.48 bits per heavy atom. The second kappa shape index (κ2) is 10.1. The fraction of sp³-hybridized carbons (Fsp3) is 0.944. The number of rotatable bonds is 6. The summed E-state index contributed by atoms with van der Waals surface area (Å²) in [5.74, 6) is 1.91. The number of hydrogen-bond donors (Lipinski definition) is 1. The normalized spacial score (nSPS) is 24.1. The van der Waals surface area contributed by atoms with E-state index in [2.05, 4.69) is 40.9 Å². The number of nitrogens with one attached hydrogen (secondary N) is 1. The fourth-order valence-electron chi connectivity index (χ4n) is 4.05. The zero-order valence-electron chi connectivity index (χ0n) is 15.6. The molecule has 0 aromatic carbocycles. The number of hydrogen-bond acceptors (Lipinski definition) is 2. The van der Waals surface area contributed by atoms with Crippen LogP contribution in [0.5, 0.6) is 0 Å². The van der Waals surface area contributed by atoms with Gasteiger partial charge in [0.15, 0.2) is 5.96 Å². The molecule has 4 nitrogen and oxygen atoms in total. The van der Waals surface area contributed by atoms with Gasteiger partial charge < -0.3 is 15.1 Å². The van der Waals surface area contributed by atoms with E-state index in [1.165, 1.54) is 51.7 Å². The van der Waals surface area contributed by atoms with E-state index >= 15 is 0 Å². The molecule has 23 heavy (non-hydrogen) atoms. The Hall–Kier alpha value is -0.0400. The van der Waals surface area contributed by atoms with Crippen molar-refractivity contribution in [1.29, 1.82) is 0 Å². The van der Waals surface area contributed by atoms with Crippen LogP contribution in [-0.4, -0.2) is 62.1 Å². The third kappa shape index (κ3) is 6.07. The number of aliphatic imine (C=N–C) groups is 1. The third-order valence-electron chi connectivity index (χ3n) is 5.69. The number of nitrogens with zero attached hydrogens (tertiary/aromatic N) is 3. The van der Waals surface area contributed by atoms with Gasteiger partial charge in [0.25, 0.3) is 0 Å². The van der Waals surface area contributed by atoms with Crippen LogP contribution in [0.1, 0.15) is 52.9 Å². The fourth-order valence-corrected chi connectivity index (χ4v) is 4.05. The number of guanidine groups is 1. The summed E-state index contributed by atoms with van der Waals surface area (Å²) in [6.45, 7) is 13.9. The largest absolute Gasteiger partial charge is 0.356 e. The predicted molar refractivity (Wildman–Crippen MR) is 111 cm³/mol. The summed E-state index contributed by atoms with van der Waals surface area (Å²) in [5.41, 5.74) is 0.482. The van der Waals surface area contributed by atoms with Gasteiger partial charge in [0.1, 0.15) is 0 Å². The molecule has 1 heterocycles. The van der Waals surface area contributed by atoms with Gasteiger partial charge in [0, 0.05) is 33.2 Å². The van der Waals surface area contributed by atoms with Crippen molar-refractivity contribution < 1.29 is 0 Å². The van der Waals surface area contributed by atoms with Crippen LogP contribution in [0.25, 0.3) is 0 Å². The number of halogens is 1. The van der Waals surface area contributed by atoms with Crippen molar-refractivity contribution in [2.24, 2.45) is 16.3 Å². The Morgan fingerprint density at radius 1 is 1.26 bits per heavy atom. The molecule has 0 amide bonds. The maximum Gasteiger partial charge on any atom is 0.193 e. The first kappa shape index (κ1) is 21.0. The molecule has 2 aliphatic rings. The first-order valence-corrected chi connectivity index (χ1v) is 9.28. The predicted octanol–water partition coefficient (Wildman–Crippen LogP) is 3.42. The molecule has 1 unspecified atom stereocenters. The topological polar surface area (TPSA) is 30.9 Å². The lowest BCUT2D eigenvalue weighted by molar-refractivity contribution is 0.255. The summed E-state index contributed by atoms with van der Waals surface area (Å²) in [6.07, 6.45) is 6.82. The van der Waals surface area contributed by atoms with Gasteiger partial charge in [-0.25, -0.2) is 0 Å². The molecule has 0 spiro atoms. The Labute approximate surface area is 160 Å². The molecule has 1 atom stereocenters. The highest BCUT2D eigenvalue weighted by molar-refractivity contribution is 14.0. The Morgan fingerprint density at radius 2 is 1.91 bits per heavy atom. The molecule has 136 valence electrons. The van der Waals surface area contributed by atoms with Gasteiger partial charge in [-0.05, 0) is 43.7 Å². The van der Waals surface area contributed by atoms with Crippen molar-refractivity contribution in [2.75, 3.05) is 46.3 Å². The van der Waals surface area contributed by atoms with Crippen LogP contribution >= 0.6 is 24.0 Å². The molecule has 2 rings (SSSR count). The maximum absolute atomic E-state index is 4.53. The minimum atomic E-state index is 0. The van der Waals surface area contributed by atoms with Crippen LogP contribution in [-0.2, 0) is 0 Å². The van der Waals surface area contributed by atoms with Crippen LogP contribution in [0.3, 0.4) is 0 Å². The van der Waals surface area contributed by atoms with Crippen LogP contribution < -0.4 is 5.32 Å². The first-order valence-electron chi connectivity index (χ1n) is 9.28. The molecule has 0 radical (unpaired) electrons. The molecular formula is C18H37IN4. The average Bonchev–Trinajstić information content (AvgIpc) is 3.15. The van der Waals surface area contributed by atoms with Crippen LogP contribution in [0, 0.1) is 11.3 Å². The lowest BCUT2D eigenvalue weighted by Gasteiger charge is -2.28. The third-order valence-corrected chi connectivity index (χ3v) is 5.69. The molecule has 5 heteroatoms. The number of likely N-dealkylation sites (tertiary alicyclic amines) is 1. The van der Waals surface area contributed by atoms with Crippen LogP contribution in [0.2, 0.25) is 0 Å². The van der Waals surface area contributed by atoms with Crippen molar-refractivity contribution in [3.05, 3.63) is 0 Å². The van der Waals surface area contributed by atoms with Gasteiger partial charge in [-0.15, -0.1) is 24.0 Å². The van der Waals surface area contributed by atoms with Gasteiger partial charge in [0.2, 0.25) is 0 Å². The van der Waals surface area contributed by atoms with E-state index in [4.69, 9.17) is 0 Å². The quantitative estimate of drug-likeness (QED) is 0.393. The second-order valence-electron chi connectivity index (χ2n) is 7.51. The van der Waals surface area contributed by atoms with Crippen LogP contribution in [0.15, 0.2) is 4.99 Å². The summed E-state index contributed by atoms with van der Waals surface area (Å²) >= 11 is 0. The van der Waals surface area contributed by atoms with E-state index in [-0.39, 0.29) is 24.0 Å². The summed E-state index contributed by atoms with van der Waals surface area (Å²) in [6, 6.07) is 0. The molecule has 0 bridgehead atoms. The van der Waals surface area contributed by atoms with E-state index < -0.39 is 0 Å². The molecule has 1 aliphatic heterocycles. The highest BCUT2D eigenvalue weighted by atomic mass is 127. The average molecular weight is 436 g/mol. The molecular weight excluding hydrogens is 399 g/mol. The van der Waals surface area contributed by atoms with E-state index in [1.54, 1.807) is 0 Å². The molecule has 1 aliphatic carbocycles. The van der Waals surface area contributed by atoms with Gasteiger partial charge in [0.05, 0.1) is 0 Å². The van der Waals surface area contributed by atoms with Gasteiger partial charge in [-0.2, -0.15) is 0 Å². The maximum atomic E-state index is 4.53. The van der Waals surface area contributed by atoms with Crippen molar-refractivity contribution in [1.82, 2.24) is 15.1 Å². The summed E-state index contributed by atoms with van der Waals surface area (Å²) in [7, 11) is 1.93. The zero-order chi connectivity index (χ0) is 16.0. The van der Waals surface area contributed by atoms with E-state index in [9.17, 15) is 0 Å². The second-order valence-corrected chi connectivity index (χ2v) is 7.51. The first-order chi connectivity index (χ1) is 10.6. The summed E-state index contributed by atoms with van der Waals surface area (Å²) in [5, 5.41) is 3.66. The molecule has 1 saturated heterocycles. The molecule has 0 aromatic rings. The van der Waals surface area contributed by atoms with Gasteiger partial charge in [-0.1, -0.05) is 33.6 Å². The molecule has 1 N–H and O–H groups in total. The minimum absolute atomic E-state index is 0. The monoisotopic (exact) mass is 436 g/mol. The molecule has 1 saturated carbocycles. The van der Waals surface area contributed by atoms with Crippen molar-refractivity contribution in [3.63, 3.8) is 0 Å². The van der Waals surface area contributed by atoms with Crippen molar-refractivity contribution in [3.8, 4) is 0 Å². The van der Waals surface area contributed by atoms with Gasteiger partial charge >= 0.3 is 0 Å². The SMILES string of the molecule is CCN(CC)CC1CCN(C(=NC)NCC2(C)CCCC2)C1.I. The smallest absolute Gasteiger partial charge is 0.193 e. The van der Waals surface area contributed by atoms with Crippen molar-refractivity contribution >= 4 is 29.9 Å². The van der Waals surface area contributed by atoms with Crippen LogP contribution in [0.4, 0.5) is 0 Å². The van der Waals surface area contributed by atoms with E-state index in [0.29, 0.717) is 5.41 Å². The summed E-state index contributed by atoms with van der Waals surface area (Å²) < 4.78 is 0. The Balaban J connectivity index is 0.00000264. The highest BCUT2D eigenvalue weighted by Crippen LogP contribution is 2.36. The lowest BCUT2D eigenvalue weighted by Crippen LogP contribution is -2.44. The summed E-state index contributed by atoms with van der Waals surface area (Å²) in [4.78, 5) is 9.54. The minimum Gasteiger partial charge on any atom is -0.356 e. The molecule has 2 fully saturated rings. The standard InChI is InChI=1S/C18H36N4.HI/c1-5-21(6-2)13-16-9-12-22(14-16)17(19-4)20-15-18(3)10-7-8-11-18;/h16H,5-15H2,1-4H3,(H,19,20);1H. The lowest BCUT2D eigenvalue weighted by atomic mass is 9.89. The van der Waals surface area contributed by atoms with Gasteiger partial charge in [-0.3, -0.25) is 4.99 Å². The van der Waals surface area contributed by atoms with E-state index in [1.807, 2.05) is 7.05 Å². The highest BCUT2D eigenvalue weighted by Gasteiger charge is 2.30. The molecule has 0 aromatic heterocycles. The Bertz CT molecular complexity index is 362.